The van der Waals surface area contributed by atoms with E-state index in [1.807, 2.05) is 49.4 Å². The molecule has 0 saturated carbocycles. The lowest BCUT2D eigenvalue weighted by Gasteiger charge is -2.22. The lowest BCUT2D eigenvalue weighted by atomic mass is 10.1. The first-order valence-electron chi connectivity index (χ1n) is 6.77. The zero-order valence-electron chi connectivity index (χ0n) is 12.1. The summed E-state index contributed by atoms with van der Waals surface area (Å²) in [5.74, 6) is 2.87. The molecule has 1 aliphatic rings. The van der Waals surface area contributed by atoms with Crippen molar-refractivity contribution >= 4 is 0 Å². The molecule has 1 aromatic heterocycles. The van der Waals surface area contributed by atoms with Crippen molar-refractivity contribution in [1.82, 2.24) is 5.06 Å². The van der Waals surface area contributed by atoms with Gasteiger partial charge in [-0.1, -0.05) is 18.2 Å². The molecular formula is C16H18N2O3. The average Bonchev–Trinajstić information content (AvgIpc) is 3.05. The second-order valence-electron chi connectivity index (χ2n) is 4.94. The first-order valence-corrected chi connectivity index (χ1v) is 6.77. The Morgan fingerprint density at radius 1 is 1.24 bits per heavy atom. The molecule has 0 saturated heterocycles. The maximum absolute atomic E-state index is 5.81. The van der Waals surface area contributed by atoms with E-state index < -0.39 is 0 Å². The van der Waals surface area contributed by atoms with Gasteiger partial charge in [-0.25, -0.2) is 0 Å². The molecule has 0 fully saturated rings. The van der Waals surface area contributed by atoms with Gasteiger partial charge in [-0.15, -0.1) is 5.06 Å². The average molecular weight is 286 g/mol. The molecule has 1 unspecified atom stereocenters. The number of nitrogens with two attached hydrogens (primary N) is 1. The predicted octanol–water partition coefficient (Wildman–Crippen LogP) is 2.89. The molecular weight excluding hydrogens is 268 g/mol. The number of nitrogens with zero attached hydrogens (tertiary/aromatic N) is 1. The van der Waals surface area contributed by atoms with E-state index in [1.165, 1.54) is 0 Å². The molecule has 5 heteroatoms. The molecule has 2 N–H and O–H groups in total. The van der Waals surface area contributed by atoms with Crippen molar-refractivity contribution in [2.24, 2.45) is 5.73 Å². The summed E-state index contributed by atoms with van der Waals surface area (Å²) in [7, 11) is 1.66. The third kappa shape index (κ3) is 2.73. The van der Waals surface area contributed by atoms with Gasteiger partial charge in [0, 0.05) is 11.6 Å². The van der Waals surface area contributed by atoms with Crippen LogP contribution in [0.25, 0.3) is 0 Å². The lowest BCUT2D eigenvalue weighted by molar-refractivity contribution is -0.131. The largest absolute Gasteiger partial charge is 0.496 e. The van der Waals surface area contributed by atoms with Crippen molar-refractivity contribution in [2.45, 2.75) is 19.5 Å². The minimum atomic E-state index is -0.136. The van der Waals surface area contributed by atoms with Crippen LogP contribution >= 0.6 is 0 Å². The molecule has 1 aliphatic heterocycles. The van der Waals surface area contributed by atoms with Gasteiger partial charge in [0.1, 0.15) is 23.3 Å². The Morgan fingerprint density at radius 3 is 2.76 bits per heavy atom. The summed E-state index contributed by atoms with van der Waals surface area (Å²) >= 11 is 0. The topological polar surface area (TPSA) is 60.9 Å². The first-order chi connectivity index (χ1) is 10.2. The van der Waals surface area contributed by atoms with E-state index >= 15 is 0 Å². The number of ether oxygens (including phenoxy) is 1. The van der Waals surface area contributed by atoms with Gasteiger partial charge in [-0.05, 0) is 25.1 Å². The van der Waals surface area contributed by atoms with E-state index in [4.69, 9.17) is 19.7 Å². The van der Waals surface area contributed by atoms with Gasteiger partial charge in [0.15, 0.2) is 0 Å². The monoisotopic (exact) mass is 286 g/mol. The number of hydrogen-bond donors (Lipinski definition) is 1. The summed E-state index contributed by atoms with van der Waals surface area (Å²) < 4.78 is 11.1. The van der Waals surface area contributed by atoms with Crippen molar-refractivity contribution in [3.63, 3.8) is 0 Å². The number of hydroxylamine groups is 2. The quantitative estimate of drug-likeness (QED) is 0.936. The zero-order chi connectivity index (χ0) is 14.8. The van der Waals surface area contributed by atoms with E-state index in [-0.39, 0.29) is 6.04 Å². The van der Waals surface area contributed by atoms with Gasteiger partial charge in [0.2, 0.25) is 5.88 Å². The Bertz CT molecular complexity index is 663. The fraction of sp³-hybridized carbons (Fsp3) is 0.250. The fourth-order valence-electron chi connectivity index (χ4n) is 2.43. The second kappa shape index (κ2) is 5.54. The number of benzene rings is 1. The zero-order valence-corrected chi connectivity index (χ0v) is 12.1. The summed E-state index contributed by atoms with van der Waals surface area (Å²) in [6.45, 7) is 2.46. The normalized spacial score (nSPS) is 18.4. The Hall–Kier alpha value is -2.40. The minimum absolute atomic E-state index is 0.136. The highest BCUT2D eigenvalue weighted by Gasteiger charge is 2.30. The summed E-state index contributed by atoms with van der Waals surface area (Å²) in [4.78, 5) is 5.60. The van der Waals surface area contributed by atoms with E-state index in [0.717, 1.165) is 22.8 Å². The minimum Gasteiger partial charge on any atom is -0.496 e. The Morgan fingerprint density at radius 2 is 2.05 bits per heavy atom. The van der Waals surface area contributed by atoms with Gasteiger partial charge in [-0.2, -0.15) is 0 Å². The molecule has 0 bridgehead atoms. The van der Waals surface area contributed by atoms with Crippen molar-refractivity contribution in [3.05, 3.63) is 65.4 Å². The van der Waals surface area contributed by atoms with E-state index in [9.17, 15) is 0 Å². The van der Waals surface area contributed by atoms with Crippen LogP contribution in [0.4, 0.5) is 0 Å². The fourth-order valence-corrected chi connectivity index (χ4v) is 2.43. The van der Waals surface area contributed by atoms with Crippen molar-refractivity contribution < 1.29 is 14.0 Å². The molecule has 110 valence electrons. The molecule has 1 atom stereocenters. The van der Waals surface area contributed by atoms with Crippen LogP contribution < -0.4 is 10.5 Å². The molecule has 2 aromatic rings. The van der Waals surface area contributed by atoms with E-state index in [0.29, 0.717) is 12.4 Å². The molecule has 0 amide bonds. The number of aryl methyl sites for hydroxylation is 1. The van der Waals surface area contributed by atoms with E-state index in [1.54, 1.807) is 12.2 Å². The van der Waals surface area contributed by atoms with Crippen LogP contribution in [0.3, 0.4) is 0 Å². The number of para-hydroxylation sites is 1. The molecule has 0 radical (unpaired) electrons. The highest BCUT2D eigenvalue weighted by molar-refractivity contribution is 5.33. The van der Waals surface area contributed by atoms with Crippen molar-refractivity contribution in [1.29, 1.82) is 0 Å². The van der Waals surface area contributed by atoms with Crippen LogP contribution in [0.2, 0.25) is 0 Å². The number of furan rings is 1. The summed E-state index contributed by atoms with van der Waals surface area (Å²) in [6.07, 6.45) is 1.84. The molecule has 5 nitrogen and oxygen atoms in total. The molecule has 0 spiro atoms. The predicted molar refractivity (Wildman–Crippen MR) is 78.1 cm³/mol. The van der Waals surface area contributed by atoms with Crippen molar-refractivity contribution in [3.8, 4) is 5.75 Å². The Balaban J connectivity index is 1.84. The van der Waals surface area contributed by atoms with Crippen LogP contribution in [-0.4, -0.2) is 12.2 Å². The molecule has 3 rings (SSSR count). The van der Waals surface area contributed by atoms with Crippen LogP contribution in [0, 0.1) is 6.92 Å². The Labute approximate surface area is 123 Å². The van der Waals surface area contributed by atoms with E-state index in [2.05, 4.69) is 0 Å². The smallest absolute Gasteiger partial charge is 0.207 e. The Kier molecular flexibility index (Phi) is 3.58. The highest BCUT2D eigenvalue weighted by atomic mass is 16.7. The number of rotatable bonds is 4. The van der Waals surface area contributed by atoms with Crippen LogP contribution in [0.1, 0.15) is 23.1 Å². The maximum atomic E-state index is 5.81. The van der Waals surface area contributed by atoms with Crippen LogP contribution in [-0.2, 0) is 11.4 Å². The summed E-state index contributed by atoms with van der Waals surface area (Å²) in [5.41, 5.74) is 6.83. The molecule has 1 aromatic carbocycles. The number of hydrogen-bond acceptors (Lipinski definition) is 5. The molecule has 2 heterocycles. The van der Waals surface area contributed by atoms with Crippen LogP contribution in [0.5, 0.6) is 5.75 Å². The standard InChI is InChI=1S/C16H18N2O3/c1-11-7-8-15(20-11)13-9-16(17)21-18(13)10-12-5-3-4-6-14(12)19-2/h3-9,13H,10,17H2,1-2H3. The maximum Gasteiger partial charge on any atom is 0.207 e. The molecule has 0 aliphatic carbocycles. The number of methoxy groups -OCH3 is 1. The summed E-state index contributed by atoms with van der Waals surface area (Å²) in [5, 5.41) is 1.78. The van der Waals surface area contributed by atoms with Gasteiger partial charge < -0.3 is 19.7 Å². The summed E-state index contributed by atoms with van der Waals surface area (Å²) in [6, 6.07) is 11.6. The van der Waals surface area contributed by atoms with Crippen molar-refractivity contribution in [2.75, 3.05) is 7.11 Å². The first kappa shape index (κ1) is 13.6. The van der Waals surface area contributed by atoms with Gasteiger partial charge in [0.25, 0.3) is 0 Å². The lowest BCUT2D eigenvalue weighted by Crippen LogP contribution is -2.23. The second-order valence-corrected chi connectivity index (χ2v) is 4.94. The van der Waals surface area contributed by atoms with Gasteiger partial charge in [-0.3, -0.25) is 0 Å². The SMILES string of the molecule is COc1ccccc1CN1OC(N)=CC1c1ccc(C)o1. The third-order valence-electron chi connectivity index (χ3n) is 3.43. The highest BCUT2D eigenvalue weighted by Crippen LogP contribution is 2.33. The third-order valence-corrected chi connectivity index (χ3v) is 3.43. The van der Waals surface area contributed by atoms with Gasteiger partial charge in [0.05, 0.1) is 13.7 Å². The van der Waals surface area contributed by atoms with Crippen LogP contribution in [0.15, 0.2) is 52.8 Å². The molecule has 21 heavy (non-hydrogen) atoms. The van der Waals surface area contributed by atoms with Gasteiger partial charge >= 0.3 is 0 Å².